The molecule has 0 unspecified atom stereocenters. The summed E-state index contributed by atoms with van der Waals surface area (Å²) in [6, 6.07) is 0. The molecule has 2 saturated heterocycles. The Morgan fingerprint density at radius 3 is 2.38 bits per heavy atom. The molecule has 0 aromatic rings. The Morgan fingerprint density at radius 1 is 1.31 bits per heavy atom. The third-order valence-corrected chi connectivity index (χ3v) is 3.18. The summed E-state index contributed by atoms with van der Waals surface area (Å²) in [5.41, 5.74) is 0.0817. The number of hydrogen-bond donors (Lipinski definition) is 0. The van der Waals surface area contributed by atoms with Crippen molar-refractivity contribution in [1.29, 1.82) is 0 Å². The van der Waals surface area contributed by atoms with Crippen LogP contribution in [0.15, 0.2) is 12.5 Å². The van der Waals surface area contributed by atoms with Gasteiger partial charge in [-0.15, -0.1) is 0 Å². The standard InChI is InChI=1S/C10H18N2O/c1-9-12(3)8-10(13-9)4-6-11(2)7-5-10/h1,4-8H2,2-3H3. The zero-order chi connectivity index (χ0) is 9.47. The van der Waals surface area contributed by atoms with Gasteiger partial charge in [-0.25, -0.2) is 0 Å². The molecule has 0 N–H and O–H groups in total. The van der Waals surface area contributed by atoms with Crippen molar-refractivity contribution in [3.8, 4) is 0 Å². The van der Waals surface area contributed by atoms with Crippen LogP contribution in [-0.2, 0) is 4.74 Å². The van der Waals surface area contributed by atoms with Crippen molar-refractivity contribution in [2.45, 2.75) is 18.4 Å². The number of likely N-dealkylation sites (tertiary alicyclic amines) is 1. The van der Waals surface area contributed by atoms with Gasteiger partial charge in [0.1, 0.15) is 5.60 Å². The summed E-state index contributed by atoms with van der Waals surface area (Å²) in [7, 11) is 4.22. The van der Waals surface area contributed by atoms with Gasteiger partial charge in [0.15, 0.2) is 5.88 Å². The first-order valence-corrected chi connectivity index (χ1v) is 4.89. The van der Waals surface area contributed by atoms with Gasteiger partial charge < -0.3 is 14.5 Å². The molecule has 0 aromatic heterocycles. The van der Waals surface area contributed by atoms with Crippen LogP contribution in [0.2, 0.25) is 0 Å². The zero-order valence-corrected chi connectivity index (χ0v) is 8.55. The van der Waals surface area contributed by atoms with Gasteiger partial charge in [-0.3, -0.25) is 0 Å². The lowest BCUT2D eigenvalue weighted by molar-refractivity contribution is -0.00349. The highest BCUT2D eigenvalue weighted by Gasteiger charge is 2.42. The first-order chi connectivity index (χ1) is 6.11. The molecule has 2 heterocycles. The van der Waals surface area contributed by atoms with Crippen molar-refractivity contribution >= 4 is 0 Å². The highest BCUT2D eigenvalue weighted by Crippen LogP contribution is 2.34. The van der Waals surface area contributed by atoms with E-state index in [4.69, 9.17) is 4.74 Å². The maximum absolute atomic E-state index is 5.86. The number of nitrogens with zero attached hydrogens (tertiary/aromatic N) is 2. The molecule has 74 valence electrons. The van der Waals surface area contributed by atoms with Gasteiger partial charge in [-0.2, -0.15) is 0 Å². The van der Waals surface area contributed by atoms with E-state index in [0.29, 0.717) is 0 Å². The molecule has 0 bridgehead atoms. The van der Waals surface area contributed by atoms with E-state index in [0.717, 1.165) is 38.4 Å². The monoisotopic (exact) mass is 182 g/mol. The Kier molecular flexibility index (Phi) is 1.99. The van der Waals surface area contributed by atoms with Crippen molar-refractivity contribution in [1.82, 2.24) is 9.80 Å². The molecule has 0 saturated carbocycles. The van der Waals surface area contributed by atoms with Crippen molar-refractivity contribution in [3.63, 3.8) is 0 Å². The van der Waals surface area contributed by atoms with Crippen LogP contribution >= 0.6 is 0 Å². The lowest BCUT2D eigenvalue weighted by Crippen LogP contribution is -2.45. The van der Waals surface area contributed by atoms with Gasteiger partial charge in [0.25, 0.3) is 0 Å². The molecule has 2 rings (SSSR count). The molecule has 2 aliphatic rings. The maximum Gasteiger partial charge on any atom is 0.182 e. The first kappa shape index (κ1) is 8.88. The van der Waals surface area contributed by atoms with Crippen LogP contribution < -0.4 is 0 Å². The summed E-state index contributed by atoms with van der Waals surface area (Å²) < 4.78 is 5.86. The second-order valence-corrected chi connectivity index (χ2v) is 4.34. The predicted molar refractivity (Wildman–Crippen MR) is 52.3 cm³/mol. The first-order valence-electron chi connectivity index (χ1n) is 4.89. The third kappa shape index (κ3) is 1.53. The van der Waals surface area contributed by atoms with E-state index in [-0.39, 0.29) is 5.60 Å². The summed E-state index contributed by atoms with van der Waals surface area (Å²) in [5, 5.41) is 0. The Bertz CT molecular complexity index is 219. The molecule has 2 fully saturated rings. The average molecular weight is 182 g/mol. The highest BCUT2D eigenvalue weighted by atomic mass is 16.5. The molecular formula is C10H18N2O. The van der Waals surface area contributed by atoms with E-state index in [1.165, 1.54) is 0 Å². The van der Waals surface area contributed by atoms with Crippen LogP contribution in [0.3, 0.4) is 0 Å². The molecule has 0 radical (unpaired) electrons. The second kappa shape index (κ2) is 2.91. The summed E-state index contributed by atoms with van der Waals surface area (Å²) in [4.78, 5) is 4.47. The van der Waals surface area contributed by atoms with Crippen molar-refractivity contribution in [2.24, 2.45) is 0 Å². The molecule has 3 nitrogen and oxygen atoms in total. The molecule has 1 spiro atoms. The van der Waals surface area contributed by atoms with Crippen LogP contribution in [-0.4, -0.2) is 49.1 Å². The third-order valence-electron chi connectivity index (χ3n) is 3.18. The fourth-order valence-corrected chi connectivity index (χ4v) is 2.17. The fourth-order valence-electron chi connectivity index (χ4n) is 2.17. The van der Waals surface area contributed by atoms with E-state index in [1.54, 1.807) is 0 Å². The minimum atomic E-state index is 0.0817. The zero-order valence-electron chi connectivity index (χ0n) is 8.55. The van der Waals surface area contributed by atoms with Crippen molar-refractivity contribution < 1.29 is 4.74 Å². The molecule has 0 atom stereocenters. The maximum atomic E-state index is 5.86. The normalized spacial score (nSPS) is 28.2. The second-order valence-electron chi connectivity index (χ2n) is 4.34. The number of ether oxygens (including phenoxy) is 1. The Hall–Kier alpha value is -0.700. The van der Waals surface area contributed by atoms with Gasteiger partial charge in [-0.1, -0.05) is 0 Å². The van der Waals surface area contributed by atoms with E-state index in [9.17, 15) is 0 Å². The molecule has 2 aliphatic heterocycles. The van der Waals surface area contributed by atoms with Crippen LogP contribution in [0.1, 0.15) is 12.8 Å². The predicted octanol–water partition coefficient (Wildman–Crippen LogP) is 0.884. The largest absolute Gasteiger partial charge is 0.471 e. The minimum Gasteiger partial charge on any atom is -0.471 e. The summed E-state index contributed by atoms with van der Waals surface area (Å²) in [6.45, 7) is 7.19. The average Bonchev–Trinajstić information content (AvgIpc) is 2.36. The van der Waals surface area contributed by atoms with Gasteiger partial charge in [0, 0.05) is 33.0 Å². The van der Waals surface area contributed by atoms with Gasteiger partial charge in [-0.05, 0) is 13.6 Å². The summed E-state index contributed by atoms with van der Waals surface area (Å²) in [5.74, 6) is 0.838. The lowest BCUT2D eigenvalue weighted by Gasteiger charge is -2.35. The van der Waals surface area contributed by atoms with Crippen LogP contribution in [0.5, 0.6) is 0 Å². The Labute approximate surface area is 80.0 Å². The fraction of sp³-hybridized carbons (Fsp3) is 0.800. The minimum absolute atomic E-state index is 0.0817. The SMILES string of the molecule is C=C1OC2(CCN(C)CC2)CN1C. The molecule has 0 amide bonds. The lowest BCUT2D eigenvalue weighted by atomic mass is 9.92. The molecule has 0 aliphatic carbocycles. The van der Waals surface area contributed by atoms with Gasteiger partial charge in [0.05, 0.1) is 6.54 Å². The smallest absolute Gasteiger partial charge is 0.182 e. The van der Waals surface area contributed by atoms with E-state index in [2.05, 4.69) is 30.5 Å². The van der Waals surface area contributed by atoms with Crippen LogP contribution in [0.25, 0.3) is 0 Å². The molecule has 0 aromatic carbocycles. The Morgan fingerprint density at radius 2 is 1.92 bits per heavy atom. The molecule has 3 heteroatoms. The quantitative estimate of drug-likeness (QED) is 0.553. The highest BCUT2D eigenvalue weighted by molar-refractivity contribution is 5.02. The molecule has 13 heavy (non-hydrogen) atoms. The molecular weight excluding hydrogens is 164 g/mol. The van der Waals surface area contributed by atoms with Gasteiger partial charge >= 0.3 is 0 Å². The number of likely N-dealkylation sites (N-methyl/N-ethyl adjacent to an activating group) is 1. The van der Waals surface area contributed by atoms with Crippen LogP contribution in [0.4, 0.5) is 0 Å². The van der Waals surface area contributed by atoms with Crippen molar-refractivity contribution in [2.75, 3.05) is 33.7 Å². The number of hydrogen-bond acceptors (Lipinski definition) is 3. The van der Waals surface area contributed by atoms with E-state index in [1.807, 2.05) is 0 Å². The number of rotatable bonds is 0. The van der Waals surface area contributed by atoms with E-state index < -0.39 is 0 Å². The van der Waals surface area contributed by atoms with E-state index >= 15 is 0 Å². The summed E-state index contributed by atoms with van der Waals surface area (Å²) in [6.07, 6.45) is 2.26. The Balaban J connectivity index is 2.03. The van der Waals surface area contributed by atoms with Gasteiger partial charge in [0.2, 0.25) is 0 Å². The number of piperidine rings is 1. The van der Waals surface area contributed by atoms with Crippen molar-refractivity contribution in [3.05, 3.63) is 12.5 Å². The van der Waals surface area contributed by atoms with Crippen LogP contribution in [0, 0.1) is 0 Å². The topological polar surface area (TPSA) is 15.7 Å². The summed E-state index contributed by atoms with van der Waals surface area (Å²) >= 11 is 0.